The number of hydrogen-bond acceptors (Lipinski definition) is 3. The number of benzene rings is 1. The monoisotopic (exact) mass is 245 g/mol. The molecule has 1 aliphatic heterocycles. The molecule has 1 saturated carbocycles. The van der Waals surface area contributed by atoms with Crippen LogP contribution in [0.3, 0.4) is 0 Å². The van der Waals surface area contributed by atoms with Crippen LogP contribution in [0.15, 0.2) is 35.0 Å². The lowest BCUT2D eigenvalue weighted by Gasteiger charge is -2.23. The zero-order valence-electron chi connectivity index (χ0n) is 9.73. The van der Waals surface area contributed by atoms with Gasteiger partial charge in [0.05, 0.1) is 0 Å². The summed E-state index contributed by atoms with van der Waals surface area (Å²) in [5, 5.41) is 0. The summed E-state index contributed by atoms with van der Waals surface area (Å²) in [6, 6.07) is 5.91. The Balaban J connectivity index is 1.84. The number of rotatable bonds is 2. The number of carbonyl (C=O) groups excluding carboxylic acids is 1. The molecule has 1 aromatic rings. The summed E-state index contributed by atoms with van der Waals surface area (Å²) in [7, 11) is 0. The predicted octanol–water partition coefficient (Wildman–Crippen LogP) is 2.92. The average molecular weight is 245 g/mol. The first-order valence-electron chi connectivity index (χ1n) is 6.00. The van der Waals surface area contributed by atoms with Gasteiger partial charge >= 0.3 is 5.97 Å². The minimum Gasteiger partial charge on any atom is -0.406 e. The van der Waals surface area contributed by atoms with Gasteiger partial charge in [-0.1, -0.05) is 18.6 Å². The lowest BCUT2D eigenvalue weighted by Crippen LogP contribution is -2.22. The van der Waals surface area contributed by atoms with Gasteiger partial charge in [-0.2, -0.15) is 0 Å². The number of hydrogen-bond donors (Lipinski definition) is 0. The third-order valence-corrected chi connectivity index (χ3v) is 3.26. The van der Waals surface area contributed by atoms with Crippen molar-refractivity contribution in [1.82, 2.24) is 0 Å². The van der Waals surface area contributed by atoms with Crippen LogP contribution in [0, 0.1) is 11.7 Å². The molecule has 0 spiro atoms. The van der Waals surface area contributed by atoms with Gasteiger partial charge < -0.3 is 4.74 Å². The second kappa shape index (κ2) is 4.37. The number of carbonyl (C=O) groups is 1. The molecule has 0 amide bonds. The summed E-state index contributed by atoms with van der Waals surface area (Å²) < 4.78 is 17.9. The van der Waals surface area contributed by atoms with Crippen LogP contribution in [0.5, 0.6) is 0 Å². The largest absolute Gasteiger partial charge is 0.406 e. The van der Waals surface area contributed by atoms with E-state index in [9.17, 15) is 9.18 Å². The highest BCUT2D eigenvalue weighted by Crippen LogP contribution is 2.31. The predicted molar refractivity (Wildman–Crippen MR) is 65.2 cm³/mol. The summed E-state index contributed by atoms with van der Waals surface area (Å²) in [4.78, 5) is 15.8. The van der Waals surface area contributed by atoms with Crippen LogP contribution in [0.2, 0.25) is 0 Å². The van der Waals surface area contributed by atoms with E-state index in [1.165, 1.54) is 12.1 Å². The van der Waals surface area contributed by atoms with E-state index in [2.05, 4.69) is 4.99 Å². The van der Waals surface area contributed by atoms with Crippen molar-refractivity contribution in [2.24, 2.45) is 10.9 Å². The Hall–Kier alpha value is -1.97. The second-order valence-corrected chi connectivity index (χ2v) is 4.55. The van der Waals surface area contributed by atoms with Crippen LogP contribution >= 0.6 is 0 Å². The normalized spacial score (nSPS) is 21.7. The average Bonchev–Trinajstić information content (AvgIpc) is 2.61. The number of cyclic esters (lactones) is 1. The molecule has 1 fully saturated rings. The van der Waals surface area contributed by atoms with Crippen molar-refractivity contribution in [3.8, 4) is 0 Å². The van der Waals surface area contributed by atoms with Crippen LogP contribution in [0.4, 0.5) is 4.39 Å². The van der Waals surface area contributed by atoms with Gasteiger partial charge in [0.2, 0.25) is 5.90 Å². The molecule has 1 aliphatic carbocycles. The van der Waals surface area contributed by atoms with E-state index in [0.717, 1.165) is 24.8 Å². The first-order chi connectivity index (χ1) is 8.72. The molecule has 0 bridgehead atoms. The Morgan fingerprint density at radius 3 is 2.61 bits per heavy atom. The molecule has 92 valence electrons. The minimum atomic E-state index is -0.416. The number of aliphatic imine (C=N–C) groups is 1. The van der Waals surface area contributed by atoms with Gasteiger partial charge in [-0.15, -0.1) is 0 Å². The quantitative estimate of drug-likeness (QED) is 0.593. The number of nitrogens with zero attached hydrogens (tertiary/aromatic N) is 1. The van der Waals surface area contributed by atoms with Gasteiger partial charge in [-0.3, -0.25) is 0 Å². The van der Waals surface area contributed by atoms with Crippen molar-refractivity contribution in [3.05, 3.63) is 41.3 Å². The Kier molecular flexibility index (Phi) is 2.70. The molecule has 0 atom stereocenters. The van der Waals surface area contributed by atoms with Crippen LogP contribution in [0.25, 0.3) is 6.08 Å². The van der Waals surface area contributed by atoms with Crippen LogP contribution in [0.1, 0.15) is 24.8 Å². The highest BCUT2D eigenvalue weighted by Gasteiger charge is 2.32. The van der Waals surface area contributed by atoms with Gasteiger partial charge in [0, 0.05) is 5.92 Å². The molecular weight excluding hydrogens is 233 g/mol. The SMILES string of the molecule is O=C1OC(C2CCC2)=N/C1=C/c1ccc(F)cc1. The van der Waals surface area contributed by atoms with Gasteiger partial charge in [-0.05, 0) is 36.6 Å². The molecule has 0 aromatic heterocycles. The first-order valence-corrected chi connectivity index (χ1v) is 6.00. The number of halogens is 1. The van der Waals surface area contributed by atoms with E-state index in [0.29, 0.717) is 17.5 Å². The van der Waals surface area contributed by atoms with Crippen molar-refractivity contribution in [3.63, 3.8) is 0 Å². The summed E-state index contributed by atoms with van der Waals surface area (Å²) in [6.07, 6.45) is 4.86. The van der Waals surface area contributed by atoms with Crippen LogP contribution in [-0.4, -0.2) is 11.9 Å². The van der Waals surface area contributed by atoms with E-state index >= 15 is 0 Å². The molecule has 3 rings (SSSR count). The van der Waals surface area contributed by atoms with E-state index in [4.69, 9.17) is 4.74 Å². The van der Waals surface area contributed by atoms with Gasteiger partial charge in [0.1, 0.15) is 5.82 Å². The molecule has 0 unspecified atom stereocenters. The lowest BCUT2D eigenvalue weighted by atomic mass is 9.85. The zero-order valence-corrected chi connectivity index (χ0v) is 9.73. The van der Waals surface area contributed by atoms with E-state index in [-0.39, 0.29) is 5.82 Å². The molecule has 0 radical (unpaired) electrons. The van der Waals surface area contributed by atoms with E-state index in [1.54, 1.807) is 18.2 Å². The molecule has 3 nitrogen and oxygen atoms in total. The van der Waals surface area contributed by atoms with Crippen LogP contribution < -0.4 is 0 Å². The van der Waals surface area contributed by atoms with Crippen molar-refractivity contribution >= 4 is 17.9 Å². The molecule has 0 saturated heterocycles. The van der Waals surface area contributed by atoms with Gasteiger partial charge in [0.15, 0.2) is 5.70 Å². The lowest BCUT2D eigenvalue weighted by molar-refractivity contribution is -0.130. The standard InChI is InChI=1S/C14H12FNO2/c15-11-6-4-9(5-7-11)8-12-14(17)18-13(16-12)10-2-1-3-10/h4-8,10H,1-3H2/b12-8+. The molecule has 4 heteroatoms. The van der Waals surface area contributed by atoms with Crippen LogP contribution in [-0.2, 0) is 9.53 Å². The topological polar surface area (TPSA) is 38.7 Å². The fourth-order valence-corrected chi connectivity index (χ4v) is 1.97. The maximum absolute atomic E-state index is 12.8. The molecule has 1 heterocycles. The fraction of sp³-hybridized carbons (Fsp3) is 0.286. The summed E-state index contributed by atoms with van der Waals surface area (Å²) in [5.41, 5.74) is 1.03. The van der Waals surface area contributed by atoms with E-state index in [1.807, 2.05) is 0 Å². The Morgan fingerprint density at radius 1 is 1.28 bits per heavy atom. The maximum Gasteiger partial charge on any atom is 0.363 e. The summed E-state index contributed by atoms with van der Waals surface area (Å²) >= 11 is 0. The van der Waals surface area contributed by atoms with Crippen molar-refractivity contribution in [2.75, 3.05) is 0 Å². The minimum absolute atomic E-state index is 0.295. The molecule has 1 aromatic carbocycles. The fourth-order valence-electron chi connectivity index (χ4n) is 1.97. The zero-order chi connectivity index (χ0) is 12.5. The molecule has 0 N–H and O–H groups in total. The Bertz CT molecular complexity index is 541. The van der Waals surface area contributed by atoms with E-state index < -0.39 is 5.97 Å². The van der Waals surface area contributed by atoms with Crippen molar-refractivity contribution in [2.45, 2.75) is 19.3 Å². The highest BCUT2D eigenvalue weighted by atomic mass is 19.1. The highest BCUT2D eigenvalue weighted by molar-refractivity contribution is 6.07. The Morgan fingerprint density at radius 2 is 2.00 bits per heavy atom. The van der Waals surface area contributed by atoms with Crippen molar-refractivity contribution in [1.29, 1.82) is 0 Å². The first kappa shape index (κ1) is 11.1. The number of ether oxygens (including phenoxy) is 1. The van der Waals surface area contributed by atoms with Crippen molar-refractivity contribution < 1.29 is 13.9 Å². The maximum atomic E-state index is 12.8. The third-order valence-electron chi connectivity index (χ3n) is 3.26. The van der Waals surface area contributed by atoms with Gasteiger partial charge in [0.25, 0.3) is 0 Å². The molecule has 2 aliphatic rings. The number of esters is 1. The Labute approximate surface area is 104 Å². The second-order valence-electron chi connectivity index (χ2n) is 4.55. The summed E-state index contributed by atoms with van der Waals surface area (Å²) in [5.74, 6) is 0.124. The molecular formula is C14H12FNO2. The summed E-state index contributed by atoms with van der Waals surface area (Å²) in [6.45, 7) is 0. The third kappa shape index (κ3) is 2.06. The van der Waals surface area contributed by atoms with Gasteiger partial charge in [-0.25, -0.2) is 14.2 Å². The smallest absolute Gasteiger partial charge is 0.363 e. The molecule has 18 heavy (non-hydrogen) atoms.